The SMILES string of the molecule is CCCCCSc1cc(C)ccc1C#N. The molecule has 0 aliphatic carbocycles. The van der Waals surface area contributed by atoms with E-state index in [9.17, 15) is 0 Å². The third-order valence-corrected chi connectivity index (χ3v) is 3.40. The molecular weight excluding hydrogens is 202 g/mol. The summed E-state index contributed by atoms with van der Waals surface area (Å²) >= 11 is 1.80. The van der Waals surface area contributed by atoms with Gasteiger partial charge in [-0.05, 0) is 36.8 Å². The Morgan fingerprint density at radius 1 is 1.33 bits per heavy atom. The summed E-state index contributed by atoms with van der Waals surface area (Å²) in [5.74, 6) is 1.12. The summed E-state index contributed by atoms with van der Waals surface area (Å²) in [7, 11) is 0. The predicted molar refractivity (Wildman–Crippen MR) is 66.1 cm³/mol. The lowest BCUT2D eigenvalue weighted by molar-refractivity contribution is 0.778. The molecule has 0 radical (unpaired) electrons. The third kappa shape index (κ3) is 3.97. The molecule has 0 fully saturated rings. The third-order valence-electron chi connectivity index (χ3n) is 2.26. The van der Waals surface area contributed by atoms with Crippen molar-refractivity contribution in [3.8, 4) is 6.07 Å². The minimum atomic E-state index is 0.807. The van der Waals surface area contributed by atoms with Crippen molar-refractivity contribution in [2.75, 3.05) is 5.75 Å². The van der Waals surface area contributed by atoms with Crippen LogP contribution >= 0.6 is 11.8 Å². The Balaban J connectivity index is 2.59. The number of hydrogen-bond donors (Lipinski definition) is 0. The summed E-state index contributed by atoms with van der Waals surface area (Å²) in [6.45, 7) is 4.27. The molecule has 2 heteroatoms. The molecule has 1 aromatic carbocycles. The molecule has 15 heavy (non-hydrogen) atoms. The number of aryl methyl sites for hydroxylation is 1. The molecule has 0 aliphatic rings. The lowest BCUT2D eigenvalue weighted by atomic mass is 10.2. The van der Waals surface area contributed by atoms with E-state index in [4.69, 9.17) is 5.26 Å². The molecule has 0 amide bonds. The second-order valence-electron chi connectivity index (χ2n) is 3.67. The van der Waals surface area contributed by atoms with E-state index in [0.29, 0.717) is 0 Å². The molecule has 1 aromatic rings. The zero-order valence-electron chi connectivity index (χ0n) is 9.42. The number of hydrogen-bond acceptors (Lipinski definition) is 2. The highest BCUT2D eigenvalue weighted by molar-refractivity contribution is 7.99. The number of thioether (sulfide) groups is 1. The summed E-state index contributed by atoms with van der Waals surface area (Å²) in [4.78, 5) is 1.13. The molecule has 0 heterocycles. The first kappa shape index (κ1) is 12.1. The highest BCUT2D eigenvalue weighted by atomic mass is 32.2. The minimum absolute atomic E-state index is 0.807. The highest BCUT2D eigenvalue weighted by Gasteiger charge is 2.02. The Morgan fingerprint density at radius 2 is 2.13 bits per heavy atom. The van der Waals surface area contributed by atoms with Gasteiger partial charge < -0.3 is 0 Å². The van der Waals surface area contributed by atoms with Crippen molar-refractivity contribution < 1.29 is 0 Å². The van der Waals surface area contributed by atoms with E-state index < -0.39 is 0 Å². The highest BCUT2D eigenvalue weighted by Crippen LogP contribution is 2.24. The van der Waals surface area contributed by atoms with Crippen LogP contribution in [0.3, 0.4) is 0 Å². The van der Waals surface area contributed by atoms with E-state index in [1.165, 1.54) is 24.8 Å². The summed E-state index contributed by atoms with van der Waals surface area (Å²) in [5.41, 5.74) is 2.04. The van der Waals surface area contributed by atoms with Crippen LogP contribution in [-0.4, -0.2) is 5.75 Å². The van der Waals surface area contributed by atoms with Gasteiger partial charge in [0.1, 0.15) is 6.07 Å². The summed E-state index contributed by atoms with van der Waals surface area (Å²) in [6, 6.07) is 8.26. The Kier molecular flexibility index (Phi) is 5.28. The lowest BCUT2D eigenvalue weighted by Crippen LogP contribution is -1.85. The molecule has 1 rings (SSSR count). The normalized spacial score (nSPS) is 9.93. The average Bonchev–Trinajstić information content (AvgIpc) is 2.25. The molecule has 0 saturated heterocycles. The fourth-order valence-corrected chi connectivity index (χ4v) is 2.48. The summed E-state index contributed by atoms with van der Waals surface area (Å²) in [6.07, 6.45) is 3.76. The van der Waals surface area contributed by atoms with Crippen LogP contribution in [0.15, 0.2) is 23.1 Å². The Labute approximate surface area is 96.5 Å². The van der Waals surface area contributed by atoms with E-state index in [-0.39, 0.29) is 0 Å². The van der Waals surface area contributed by atoms with E-state index in [2.05, 4.69) is 26.0 Å². The van der Waals surface area contributed by atoms with Crippen molar-refractivity contribution in [1.82, 2.24) is 0 Å². The second kappa shape index (κ2) is 6.53. The van der Waals surface area contributed by atoms with Gasteiger partial charge in [-0.25, -0.2) is 0 Å². The van der Waals surface area contributed by atoms with Crippen LogP contribution in [0.25, 0.3) is 0 Å². The van der Waals surface area contributed by atoms with Crippen LogP contribution in [0.5, 0.6) is 0 Å². The molecule has 80 valence electrons. The van der Waals surface area contributed by atoms with Crippen molar-refractivity contribution in [3.63, 3.8) is 0 Å². The first-order valence-electron chi connectivity index (χ1n) is 5.41. The fraction of sp³-hybridized carbons (Fsp3) is 0.462. The zero-order valence-corrected chi connectivity index (χ0v) is 10.2. The monoisotopic (exact) mass is 219 g/mol. The van der Waals surface area contributed by atoms with Crippen molar-refractivity contribution >= 4 is 11.8 Å². The van der Waals surface area contributed by atoms with E-state index >= 15 is 0 Å². The minimum Gasteiger partial charge on any atom is -0.192 e. The van der Waals surface area contributed by atoms with Gasteiger partial charge in [0.15, 0.2) is 0 Å². The van der Waals surface area contributed by atoms with Gasteiger partial charge in [-0.1, -0.05) is 25.8 Å². The van der Waals surface area contributed by atoms with Gasteiger partial charge in [-0.2, -0.15) is 5.26 Å². The Morgan fingerprint density at radius 3 is 2.80 bits per heavy atom. The molecular formula is C13H17NS. The maximum absolute atomic E-state index is 8.95. The molecule has 0 atom stereocenters. The van der Waals surface area contributed by atoms with E-state index in [0.717, 1.165) is 16.2 Å². The van der Waals surface area contributed by atoms with Gasteiger partial charge in [0.2, 0.25) is 0 Å². The van der Waals surface area contributed by atoms with Gasteiger partial charge in [0.05, 0.1) is 5.56 Å². The van der Waals surface area contributed by atoms with Crippen molar-refractivity contribution in [2.45, 2.75) is 38.0 Å². The van der Waals surface area contributed by atoms with Crippen LogP contribution < -0.4 is 0 Å². The number of rotatable bonds is 5. The van der Waals surface area contributed by atoms with Crippen LogP contribution in [-0.2, 0) is 0 Å². The number of unbranched alkanes of at least 4 members (excludes halogenated alkanes) is 2. The Hall–Kier alpha value is -0.940. The maximum atomic E-state index is 8.95. The van der Waals surface area contributed by atoms with Gasteiger partial charge in [-0.15, -0.1) is 11.8 Å². The average molecular weight is 219 g/mol. The topological polar surface area (TPSA) is 23.8 Å². The van der Waals surface area contributed by atoms with Crippen LogP contribution in [0.1, 0.15) is 37.3 Å². The van der Waals surface area contributed by atoms with Crippen molar-refractivity contribution in [3.05, 3.63) is 29.3 Å². The molecule has 0 saturated carbocycles. The Bertz CT molecular complexity index is 352. The standard InChI is InChI=1S/C13H17NS/c1-3-4-5-8-15-13-9-11(2)6-7-12(13)10-14/h6-7,9H,3-5,8H2,1-2H3. The molecule has 0 aromatic heterocycles. The molecule has 0 aliphatic heterocycles. The first-order valence-corrected chi connectivity index (χ1v) is 6.40. The smallest absolute Gasteiger partial charge is 0.100 e. The molecule has 0 unspecified atom stereocenters. The zero-order chi connectivity index (χ0) is 11.1. The van der Waals surface area contributed by atoms with Gasteiger partial charge in [0.25, 0.3) is 0 Å². The molecule has 0 N–H and O–H groups in total. The fourth-order valence-electron chi connectivity index (χ4n) is 1.38. The molecule has 0 bridgehead atoms. The van der Waals surface area contributed by atoms with Crippen LogP contribution in [0.2, 0.25) is 0 Å². The maximum Gasteiger partial charge on any atom is 0.100 e. The van der Waals surface area contributed by atoms with E-state index in [1.54, 1.807) is 11.8 Å². The second-order valence-corrected chi connectivity index (χ2v) is 4.80. The lowest BCUT2D eigenvalue weighted by Gasteiger charge is -2.04. The van der Waals surface area contributed by atoms with Gasteiger partial charge in [-0.3, -0.25) is 0 Å². The van der Waals surface area contributed by atoms with Crippen LogP contribution in [0, 0.1) is 18.3 Å². The van der Waals surface area contributed by atoms with E-state index in [1.807, 2.05) is 12.1 Å². The van der Waals surface area contributed by atoms with Gasteiger partial charge >= 0.3 is 0 Å². The number of nitrogens with zero attached hydrogens (tertiary/aromatic N) is 1. The first-order chi connectivity index (χ1) is 7.27. The van der Waals surface area contributed by atoms with Crippen molar-refractivity contribution in [1.29, 1.82) is 5.26 Å². The van der Waals surface area contributed by atoms with Crippen LogP contribution in [0.4, 0.5) is 0 Å². The predicted octanol–water partition coefficient (Wildman–Crippen LogP) is 4.15. The molecule has 0 spiro atoms. The van der Waals surface area contributed by atoms with Gasteiger partial charge in [0, 0.05) is 4.90 Å². The largest absolute Gasteiger partial charge is 0.192 e. The quantitative estimate of drug-likeness (QED) is 0.548. The summed E-state index contributed by atoms with van der Waals surface area (Å²) in [5, 5.41) is 8.95. The number of nitriles is 1. The summed E-state index contributed by atoms with van der Waals surface area (Å²) < 4.78 is 0. The number of benzene rings is 1. The van der Waals surface area contributed by atoms with Crippen molar-refractivity contribution in [2.24, 2.45) is 0 Å². The molecule has 1 nitrogen and oxygen atoms in total.